The maximum absolute atomic E-state index is 12.7. The average molecular weight is 329 g/mol. The van der Waals surface area contributed by atoms with Crippen LogP contribution in [-0.4, -0.2) is 43.4 Å². The largest absolute Gasteiger partial charge is 0.316 e. The molecule has 1 aliphatic heterocycles. The number of rotatable bonds is 5. The van der Waals surface area contributed by atoms with Crippen LogP contribution in [0.5, 0.6) is 0 Å². The Kier molecular flexibility index (Phi) is 5.71. The summed E-state index contributed by atoms with van der Waals surface area (Å²) in [5.74, 6) is 0.969. The van der Waals surface area contributed by atoms with Crippen LogP contribution in [0.2, 0.25) is 0 Å². The molecule has 0 aliphatic carbocycles. The lowest BCUT2D eigenvalue weighted by Gasteiger charge is -2.36. The van der Waals surface area contributed by atoms with E-state index in [0.29, 0.717) is 11.8 Å². The summed E-state index contributed by atoms with van der Waals surface area (Å²) in [6.07, 6.45) is 0. The summed E-state index contributed by atoms with van der Waals surface area (Å²) in [5.41, 5.74) is 1.97. The minimum Gasteiger partial charge on any atom is -0.316 e. The molecule has 1 aromatic rings. The number of hydrogen-bond donors (Lipinski definition) is 1. The van der Waals surface area contributed by atoms with Crippen molar-refractivity contribution in [2.45, 2.75) is 37.4 Å². The van der Waals surface area contributed by atoms with Crippen molar-refractivity contribution >= 4 is 21.8 Å². The Morgan fingerprint density at radius 3 is 2.76 bits per heavy atom. The van der Waals surface area contributed by atoms with E-state index in [1.807, 2.05) is 50.0 Å². The number of sulfonamides is 1. The van der Waals surface area contributed by atoms with Crippen LogP contribution in [0.1, 0.15) is 25.0 Å². The molecule has 6 heteroatoms. The molecule has 2 rings (SSSR count). The molecule has 21 heavy (non-hydrogen) atoms. The Labute approximate surface area is 132 Å². The van der Waals surface area contributed by atoms with Crippen LogP contribution in [0.3, 0.4) is 0 Å². The third-order valence-corrected chi connectivity index (χ3v) is 7.17. The van der Waals surface area contributed by atoms with Crippen LogP contribution in [0.15, 0.2) is 24.3 Å². The first-order valence-corrected chi connectivity index (χ1v) is 9.93. The summed E-state index contributed by atoms with van der Waals surface area (Å²) < 4.78 is 27.0. The second-order valence-corrected chi connectivity index (χ2v) is 8.94. The van der Waals surface area contributed by atoms with Gasteiger partial charge in [0.1, 0.15) is 0 Å². The topological polar surface area (TPSA) is 49.4 Å². The molecule has 118 valence electrons. The van der Waals surface area contributed by atoms with Gasteiger partial charge < -0.3 is 5.32 Å². The van der Waals surface area contributed by atoms with Crippen LogP contribution in [0.4, 0.5) is 0 Å². The van der Waals surface area contributed by atoms with Gasteiger partial charge in [-0.05, 0) is 25.1 Å². The van der Waals surface area contributed by atoms with E-state index in [-0.39, 0.29) is 11.8 Å². The Bertz CT molecular complexity index is 575. The molecule has 1 saturated heterocycles. The highest BCUT2D eigenvalue weighted by Gasteiger charge is 2.33. The van der Waals surface area contributed by atoms with Crippen LogP contribution in [-0.2, 0) is 22.3 Å². The third-order valence-electron chi connectivity index (χ3n) is 3.90. The average Bonchev–Trinajstić information content (AvgIpc) is 2.42. The minimum atomic E-state index is -3.25. The van der Waals surface area contributed by atoms with Gasteiger partial charge in [-0.25, -0.2) is 8.42 Å². The molecule has 1 aromatic carbocycles. The van der Waals surface area contributed by atoms with E-state index in [1.165, 1.54) is 0 Å². The second kappa shape index (κ2) is 7.13. The molecule has 2 unspecified atom stereocenters. The molecule has 0 radical (unpaired) electrons. The molecule has 4 nitrogen and oxygen atoms in total. The zero-order valence-electron chi connectivity index (χ0n) is 12.9. The van der Waals surface area contributed by atoms with Gasteiger partial charge in [-0.2, -0.15) is 16.1 Å². The fourth-order valence-electron chi connectivity index (χ4n) is 2.63. The molecule has 0 bridgehead atoms. The van der Waals surface area contributed by atoms with Crippen LogP contribution < -0.4 is 5.32 Å². The predicted octanol–water partition coefficient (Wildman–Crippen LogP) is 2.06. The van der Waals surface area contributed by atoms with Gasteiger partial charge in [0.25, 0.3) is 0 Å². The van der Waals surface area contributed by atoms with Gasteiger partial charge in [0, 0.05) is 30.1 Å². The highest BCUT2D eigenvalue weighted by molar-refractivity contribution is 8.00. The molecule has 2 atom stereocenters. The lowest BCUT2D eigenvalue weighted by molar-refractivity contribution is 0.340. The Balaban J connectivity index is 2.15. The summed E-state index contributed by atoms with van der Waals surface area (Å²) in [6.45, 7) is 5.48. The van der Waals surface area contributed by atoms with Gasteiger partial charge in [-0.1, -0.05) is 31.2 Å². The summed E-state index contributed by atoms with van der Waals surface area (Å²) >= 11 is 1.85. The monoisotopic (exact) mass is 328 g/mol. The minimum absolute atomic E-state index is 0.0641. The fraction of sp³-hybridized carbons (Fsp3) is 0.600. The zero-order chi connectivity index (χ0) is 15.5. The molecule has 1 aliphatic rings. The van der Waals surface area contributed by atoms with E-state index in [9.17, 15) is 8.42 Å². The molecular formula is C15H24N2O2S2. The van der Waals surface area contributed by atoms with E-state index in [0.717, 1.165) is 23.4 Å². The summed E-state index contributed by atoms with van der Waals surface area (Å²) in [5, 5.41) is 3.44. The van der Waals surface area contributed by atoms with E-state index >= 15 is 0 Å². The summed E-state index contributed by atoms with van der Waals surface area (Å²) in [6, 6.07) is 7.86. The Morgan fingerprint density at radius 1 is 1.33 bits per heavy atom. The molecule has 1 N–H and O–H groups in total. The Hall–Kier alpha value is -0.560. The van der Waals surface area contributed by atoms with Gasteiger partial charge >= 0.3 is 0 Å². The smallest absolute Gasteiger partial charge is 0.218 e. The molecule has 1 heterocycles. The van der Waals surface area contributed by atoms with Crippen molar-refractivity contribution in [3.63, 3.8) is 0 Å². The highest BCUT2D eigenvalue weighted by Crippen LogP contribution is 2.27. The molecule has 1 fully saturated rings. The van der Waals surface area contributed by atoms with Crippen molar-refractivity contribution in [1.29, 1.82) is 0 Å². The quantitative estimate of drug-likeness (QED) is 0.899. The first kappa shape index (κ1) is 16.8. The third kappa shape index (κ3) is 4.22. The standard InChI is InChI=1S/C15H24N2O2S2/c1-12-13(2)20-8-7-17(12)21(18,19)11-15-6-4-5-14(9-15)10-16-3/h4-6,9,12-13,16H,7-8,10-11H2,1-3H3. The number of hydrogen-bond acceptors (Lipinski definition) is 4. The van der Waals surface area contributed by atoms with Gasteiger partial charge in [-0.3, -0.25) is 0 Å². The number of benzene rings is 1. The molecule has 0 saturated carbocycles. The van der Waals surface area contributed by atoms with E-state index < -0.39 is 10.0 Å². The number of nitrogens with zero attached hydrogens (tertiary/aromatic N) is 1. The normalized spacial score (nSPS) is 24.1. The van der Waals surface area contributed by atoms with Crippen molar-refractivity contribution in [2.24, 2.45) is 0 Å². The van der Waals surface area contributed by atoms with Crippen molar-refractivity contribution in [3.05, 3.63) is 35.4 Å². The van der Waals surface area contributed by atoms with Crippen molar-refractivity contribution < 1.29 is 8.42 Å². The second-order valence-electron chi connectivity index (χ2n) is 5.53. The molecule has 0 spiro atoms. The lowest BCUT2D eigenvalue weighted by atomic mass is 10.1. The van der Waals surface area contributed by atoms with E-state index in [1.54, 1.807) is 4.31 Å². The lowest BCUT2D eigenvalue weighted by Crippen LogP contribution is -2.48. The van der Waals surface area contributed by atoms with Crippen LogP contribution >= 0.6 is 11.8 Å². The summed E-state index contributed by atoms with van der Waals surface area (Å²) in [4.78, 5) is 0. The zero-order valence-corrected chi connectivity index (χ0v) is 14.5. The van der Waals surface area contributed by atoms with Gasteiger partial charge in [0.15, 0.2) is 0 Å². The van der Waals surface area contributed by atoms with Crippen molar-refractivity contribution in [3.8, 4) is 0 Å². The molecular weight excluding hydrogens is 304 g/mol. The molecule has 0 amide bonds. The Morgan fingerprint density at radius 2 is 2.05 bits per heavy atom. The SMILES string of the molecule is CNCc1cccc(CS(=O)(=O)N2CCSC(C)C2C)c1. The first-order chi connectivity index (χ1) is 9.94. The number of thioether (sulfide) groups is 1. The van der Waals surface area contributed by atoms with Crippen LogP contribution in [0.25, 0.3) is 0 Å². The maximum Gasteiger partial charge on any atom is 0.218 e. The van der Waals surface area contributed by atoms with Crippen molar-refractivity contribution in [2.75, 3.05) is 19.3 Å². The fourth-order valence-corrected chi connectivity index (χ4v) is 5.74. The van der Waals surface area contributed by atoms with Gasteiger partial charge in [-0.15, -0.1) is 0 Å². The number of nitrogens with one attached hydrogen (secondary N) is 1. The van der Waals surface area contributed by atoms with Crippen LogP contribution in [0, 0.1) is 0 Å². The highest BCUT2D eigenvalue weighted by atomic mass is 32.2. The first-order valence-electron chi connectivity index (χ1n) is 7.27. The predicted molar refractivity (Wildman–Crippen MR) is 89.9 cm³/mol. The maximum atomic E-state index is 12.7. The molecule has 0 aromatic heterocycles. The van der Waals surface area contributed by atoms with Gasteiger partial charge in [0.05, 0.1) is 5.75 Å². The van der Waals surface area contributed by atoms with Gasteiger partial charge in [0.2, 0.25) is 10.0 Å². The van der Waals surface area contributed by atoms with Crippen molar-refractivity contribution in [1.82, 2.24) is 9.62 Å². The van der Waals surface area contributed by atoms with E-state index in [4.69, 9.17) is 0 Å². The summed E-state index contributed by atoms with van der Waals surface area (Å²) in [7, 11) is -1.36. The van der Waals surface area contributed by atoms with E-state index in [2.05, 4.69) is 12.2 Å².